The van der Waals surface area contributed by atoms with Crippen LogP contribution in [-0.4, -0.2) is 30.6 Å². The number of amides is 2. The minimum atomic E-state index is 0.0788. The number of benzene rings is 1. The van der Waals surface area contributed by atoms with Crippen molar-refractivity contribution in [3.63, 3.8) is 0 Å². The molecule has 2 rings (SSSR count). The quantitative estimate of drug-likeness (QED) is 0.817. The van der Waals surface area contributed by atoms with E-state index < -0.39 is 0 Å². The van der Waals surface area contributed by atoms with Crippen molar-refractivity contribution in [3.8, 4) is 0 Å². The molecule has 0 aromatic heterocycles. The number of anilines is 2. The maximum absolute atomic E-state index is 12.5. The van der Waals surface area contributed by atoms with Crippen molar-refractivity contribution >= 4 is 17.4 Å². The Labute approximate surface area is 108 Å². The SMILES string of the molecule is CCN(C(=O)N1CCCCC1)c1ccccc1N. The summed E-state index contributed by atoms with van der Waals surface area (Å²) in [4.78, 5) is 16.2. The molecule has 0 radical (unpaired) electrons. The first-order valence-electron chi connectivity index (χ1n) is 6.65. The molecule has 1 heterocycles. The molecule has 0 unspecified atom stereocenters. The highest BCUT2D eigenvalue weighted by Crippen LogP contribution is 2.24. The first-order valence-corrected chi connectivity index (χ1v) is 6.65. The molecule has 4 heteroatoms. The van der Waals surface area contributed by atoms with Crippen molar-refractivity contribution in [2.24, 2.45) is 0 Å². The van der Waals surface area contributed by atoms with Gasteiger partial charge in [0.1, 0.15) is 0 Å². The smallest absolute Gasteiger partial charge is 0.324 e. The number of hydrogen-bond donors (Lipinski definition) is 1. The number of carbonyl (C=O) groups excluding carboxylic acids is 1. The maximum atomic E-state index is 12.5. The number of carbonyl (C=O) groups is 1. The van der Waals surface area contributed by atoms with Crippen molar-refractivity contribution < 1.29 is 4.79 Å². The Bertz CT molecular complexity index is 413. The van der Waals surface area contributed by atoms with E-state index in [4.69, 9.17) is 5.73 Å². The summed E-state index contributed by atoms with van der Waals surface area (Å²) in [5.74, 6) is 0. The molecule has 1 fully saturated rings. The number of hydrogen-bond acceptors (Lipinski definition) is 2. The van der Waals surface area contributed by atoms with E-state index in [0.29, 0.717) is 12.2 Å². The standard InChI is InChI=1S/C14H21N3O/c1-2-17(13-9-5-4-8-12(13)15)14(18)16-10-6-3-7-11-16/h4-5,8-9H,2-3,6-7,10-11,15H2,1H3. The van der Waals surface area contributed by atoms with Crippen molar-refractivity contribution in [2.45, 2.75) is 26.2 Å². The van der Waals surface area contributed by atoms with Gasteiger partial charge in [0.15, 0.2) is 0 Å². The highest BCUT2D eigenvalue weighted by molar-refractivity contribution is 5.95. The fourth-order valence-corrected chi connectivity index (χ4v) is 2.40. The molecule has 0 aliphatic carbocycles. The van der Waals surface area contributed by atoms with Gasteiger partial charge < -0.3 is 10.6 Å². The molecule has 0 saturated carbocycles. The van der Waals surface area contributed by atoms with E-state index >= 15 is 0 Å². The predicted molar refractivity (Wildman–Crippen MR) is 74.7 cm³/mol. The van der Waals surface area contributed by atoms with Crippen LogP contribution in [-0.2, 0) is 0 Å². The summed E-state index contributed by atoms with van der Waals surface area (Å²) in [7, 11) is 0. The second-order valence-corrected chi connectivity index (χ2v) is 4.63. The number of nitrogen functional groups attached to an aromatic ring is 1. The molecule has 4 nitrogen and oxygen atoms in total. The second-order valence-electron chi connectivity index (χ2n) is 4.63. The zero-order valence-electron chi connectivity index (χ0n) is 10.9. The van der Waals surface area contributed by atoms with Crippen molar-refractivity contribution in [2.75, 3.05) is 30.3 Å². The van der Waals surface area contributed by atoms with Crippen LogP contribution in [0.4, 0.5) is 16.2 Å². The maximum Gasteiger partial charge on any atom is 0.324 e. The van der Waals surface area contributed by atoms with Crippen LogP contribution in [0.15, 0.2) is 24.3 Å². The number of para-hydroxylation sites is 2. The van der Waals surface area contributed by atoms with E-state index in [1.54, 1.807) is 4.90 Å². The molecule has 1 saturated heterocycles. The van der Waals surface area contributed by atoms with Gasteiger partial charge in [0.2, 0.25) is 0 Å². The molecule has 2 N–H and O–H groups in total. The zero-order chi connectivity index (χ0) is 13.0. The molecule has 2 amide bonds. The van der Waals surface area contributed by atoms with Crippen LogP contribution >= 0.6 is 0 Å². The van der Waals surface area contributed by atoms with Gasteiger partial charge in [0.25, 0.3) is 0 Å². The van der Waals surface area contributed by atoms with E-state index in [2.05, 4.69) is 0 Å². The molecule has 1 aliphatic rings. The van der Waals surface area contributed by atoms with Gasteiger partial charge in [-0.15, -0.1) is 0 Å². The fourth-order valence-electron chi connectivity index (χ4n) is 2.40. The third-order valence-corrected chi connectivity index (χ3v) is 3.40. The summed E-state index contributed by atoms with van der Waals surface area (Å²) in [5.41, 5.74) is 7.42. The number of piperidine rings is 1. The lowest BCUT2D eigenvalue weighted by Crippen LogP contribution is -2.45. The van der Waals surface area contributed by atoms with Gasteiger partial charge >= 0.3 is 6.03 Å². The summed E-state index contributed by atoms with van der Waals surface area (Å²) < 4.78 is 0. The van der Waals surface area contributed by atoms with Gasteiger partial charge in [-0.2, -0.15) is 0 Å². The number of rotatable bonds is 2. The van der Waals surface area contributed by atoms with Crippen molar-refractivity contribution in [3.05, 3.63) is 24.3 Å². The van der Waals surface area contributed by atoms with E-state index in [1.165, 1.54) is 6.42 Å². The topological polar surface area (TPSA) is 49.6 Å². The van der Waals surface area contributed by atoms with Crippen molar-refractivity contribution in [1.82, 2.24) is 4.90 Å². The van der Waals surface area contributed by atoms with Crippen LogP contribution in [0.1, 0.15) is 26.2 Å². The van der Waals surface area contributed by atoms with E-state index in [1.807, 2.05) is 36.1 Å². The Morgan fingerprint density at radius 1 is 1.28 bits per heavy atom. The zero-order valence-corrected chi connectivity index (χ0v) is 10.9. The van der Waals surface area contributed by atoms with Crippen LogP contribution in [0.5, 0.6) is 0 Å². The number of nitrogens with two attached hydrogens (primary N) is 1. The highest BCUT2D eigenvalue weighted by Gasteiger charge is 2.23. The minimum Gasteiger partial charge on any atom is -0.397 e. The highest BCUT2D eigenvalue weighted by atomic mass is 16.2. The normalized spacial score (nSPS) is 15.5. The summed E-state index contributed by atoms with van der Waals surface area (Å²) in [6, 6.07) is 7.62. The van der Waals surface area contributed by atoms with Gasteiger partial charge in [-0.1, -0.05) is 12.1 Å². The van der Waals surface area contributed by atoms with E-state index in [9.17, 15) is 4.79 Å². The fraction of sp³-hybridized carbons (Fsp3) is 0.500. The van der Waals surface area contributed by atoms with Gasteiger partial charge in [-0.25, -0.2) is 4.79 Å². The molecular formula is C14H21N3O. The van der Waals surface area contributed by atoms with E-state index in [0.717, 1.165) is 31.6 Å². The summed E-state index contributed by atoms with van der Waals surface area (Å²) in [6.07, 6.45) is 3.44. The van der Waals surface area contributed by atoms with Crippen molar-refractivity contribution in [1.29, 1.82) is 0 Å². The molecule has 1 aromatic rings. The molecule has 0 bridgehead atoms. The minimum absolute atomic E-state index is 0.0788. The monoisotopic (exact) mass is 247 g/mol. The third-order valence-electron chi connectivity index (χ3n) is 3.40. The number of urea groups is 1. The van der Waals surface area contributed by atoms with Crippen LogP contribution in [0.25, 0.3) is 0 Å². The lowest BCUT2D eigenvalue weighted by Gasteiger charge is -2.33. The second kappa shape index (κ2) is 5.76. The van der Waals surface area contributed by atoms with Gasteiger partial charge in [-0.05, 0) is 38.3 Å². The molecule has 1 aliphatic heterocycles. The average Bonchev–Trinajstić information content (AvgIpc) is 2.42. The Balaban J connectivity index is 2.17. The lowest BCUT2D eigenvalue weighted by molar-refractivity contribution is 0.193. The third kappa shape index (κ3) is 2.58. The molecular weight excluding hydrogens is 226 g/mol. The van der Waals surface area contributed by atoms with Crippen LogP contribution in [0.3, 0.4) is 0 Å². The van der Waals surface area contributed by atoms with Gasteiger partial charge in [0.05, 0.1) is 11.4 Å². The van der Waals surface area contributed by atoms with E-state index in [-0.39, 0.29) is 6.03 Å². The Morgan fingerprint density at radius 3 is 2.56 bits per heavy atom. The Hall–Kier alpha value is -1.71. The molecule has 1 aromatic carbocycles. The summed E-state index contributed by atoms with van der Waals surface area (Å²) >= 11 is 0. The average molecular weight is 247 g/mol. The Kier molecular flexibility index (Phi) is 4.07. The van der Waals surface area contributed by atoms with Crippen LogP contribution in [0, 0.1) is 0 Å². The first-order chi connectivity index (χ1) is 8.74. The molecule has 18 heavy (non-hydrogen) atoms. The largest absolute Gasteiger partial charge is 0.397 e. The van der Waals surface area contributed by atoms with Gasteiger partial charge in [-0.3, -0.25) is 4.90 Å². The van der Waals surface area contributed by atoms with Gasteiger partial charge in [0, 0.05) is 19.6 Å². The predicted octanol–water partition coefficient (Wildman–Crippen LogP) is 2.70. The molecule has 98 valence electrons. The Morgan fingerprint density at radius 2 is 1.94 bits per heavy atom. The summed E-state index contributed by atoms with van der Waals surface area (Å²) in [5, 5.41) is 0. The number of likely N-dealkylation sites (tertiary alicyclic amines) is 1. The molecule has 0 atom stereocenters. The first kappa shape index (κ1) is 12.7. The summed E-state index contributed by atoms with van der Waals surface area (Å²) in [6.45, 7) is 4.35. The number of nitrogens with zero attached hydrogens (tertiary/aromatic N) is 2. The lowest BCUT2D eigenvalue weighted by atomic mass is 10.1. The molecule has 0 spiro atoms. The van der Waals surface area contributed by atoms with Crippen LogP contribution in [0.2, 0.25) is 0 Å². The van der Waals surface area contributed by atoms with Crippen LogP contribution < -0.4 is 10.6 Å².